The minimum Gasteiger partial charge on any atom is -0.464 e. The Balaban J connectivity index is 1.67. The molecule has 0 saturated carbocycles. The molecule has 1 aliphatic heterocycles. The van der Waals surface area contributed by atoms with Crippen LogP contribution in [-0.2, 0) is 20.8 Å². The maximum Gasteiger partial charge on any atom is 0.410 e. The van der Waals surface area contributed by atoms with Crippen LogP contribution in [0.15, 0.2) is 36.5 Å². The van der Waals surface area contributed by atoms with Crippen LogP contribution >= 0.6 is 0 Å². The fourth-order valence-corrected chi connectivity index (χ4v) is 3.71. The summed E-state index contributed by atoms with van der Waals surface area (Å²) in [5, 5.41) is 5.13. The fourth-order valence-electron chi connectivity index (χ4n) is 3.71. The number of benzene rings is 1. The number of carbonyl (C=O) groups is 3. The highest BCUT2D eigenvalue weighted by molar-refractivity contribution is 5.99. The minimum atomic E-state index is -0.860. The fraction of sp³-hybridized carbons (Fsp3) is 0.417. The number of aromatic nitrogens is 1. The second-order valence-electron chi connectivity index (χ2n) is 7.94. The predicted molar refractivity (Wildman–Crippen MR) is 127 cm³/mol. The van der Waals surface area contributed by atoms with Crippen LogP contribution < -0.4 is 10.6 Å². The molecular weight excluding hydrogens is 457 g/mol. The maximum absolute atomic E-state index is 15.2. The predicted octanol–water partition coefficient (Wildman–Crippen LogP) is 3.38. The Morgan fingerprint density at radius 3 is 2.54 bits per heavy atom. The second-order valence-corrected chi connectivity index (χ2v) is 7.94. The average Bonchev–Trinajstić information content (AvgIpc) is 2.83. The zero-order chi connectivity index (χ0) is 25.4. The van der Waals surface area contributed by atoms with Gasteiger partial charge in [0.15, 0.2) is 5.82 Å². The first-order chi connectivity index (χ1) is 16.8. The zero-order valence-corrected chi connectivity index (χ0v) is 20.0. The Kier molecular flexibility index (Phi) is 8.96. The van der Waals surface area contributed by atoms with Crippen molar-refractivity contribution < 1.29 is 28.2 Å². The van der Waals surface area contributed by atoms with E-state index in [0.717, 1.165) is 5.69 Å². The molecule has 11 heteroatoms. The average molecular weight is 488 g/mol. The van der Waals surface area contributed by atoms with Gasteiger partial charge in [0.1, 0.15) is 6.04 Å². The molecule has 0 aliphatic carbocycles. The van der Waals surface area contributed by atoms with Gasteiger partial charge in [-0.25, -0.2) is 18.8 Å². The number of halogens is 1. The van der Waals surface area contributed by atoms with Crippen LogP contribution in [0.2, 0.25) is 0 Å². The van der Waals surface area contributed by atoms with Crippen molar-refractivity contribution in [1.82, 2.24) is 14.8 Å². The lowest BCUT2D eigenvalue weighted by atomic mass is 10.1. The third-order valence-corrected chi connectivity index (χ3v) is 5.42. The molecule has 10 nitrogen and oxygen atoms in total. The van der Waals surface area contributed by atoms with Crippen molar-refractivity contribution in [3.8, 4) is 0 Å². The molecule has 188 valence electrons. The number of nitrogens with zero attached hydrogens (tertiary/aromatic N) is 3. The first kappa shape index (κ1) is 25.9. The summed E-state index contributed by atoms with van der Waals surface area (Å²) in [5.74, 6) is -1.12. The van der Waals surface area contributed by atoms with Gasteiger partial charge in [0, 0.05) is 37.4 Å². The molecule has 1 fully saturated rings. The normalized spacial score (nSPS) is 15.9. The zero-order valence-electron chi connectivity index (χ0n) is 20.0. The number of hydrogen-bond donors (Lipinski definition) is 2. The maximum atomic E-state index is 15.2. The van der Waals surface area contributed by atoms with E-state index in [-0.39, 0.29) is 38.5 Å². The summed E-state index contributed by atoms with van der Waals surface area (Å²) in [6.07, 6.45) is 0.926. The van der Waals surface area contributed by atoms with Gasteiger partial charge >= 0.3 is 18.1 Å². The first-order valence-corrected chi connectivity index (χ1v) is 11.4. The Morgan fingerprint density at radius 1 is 1.09 bits per heavy atom. The van der Waals surface area contributed by atoms with Crippen molar-refractivity contribution in [2.24, 2.45) is 0 Å². The monoisotopic (exact) mass is 487 g/mol. The molecule has 1 aromatic heterocycles. The Labute approximate surface area is 203 Å². The van der Waals surface area contributed by atoms with Gasteiger partial charge in [-0.2, -0.15) is 0 Å². The minimum absolute atomic E-state index is 0.0205. The summed E-state index contributed by atoms with van der Waals surface area (Å²) in [5.41, 5.74) is 1.65. The van der Waals surface area contributed by atoms with Gasteiger partial charge in [-0.15, -0.1) is 0 Å². The van der Waals surface area contributed by atoms with Gasteiger partial charge in [0.25, 0.3) is 0 Å². The van der Waals surface area contributed by atoms with E-state index < -0.39 is 30.0 Å². The second kappa shape index (κ2) is 12.1. The van der Waals surface area contributed by atoms with Crippen molar-refractivity contribution in [1.29, 1.82) is 0 Å². The molecule has 2 aromatic rings. The van der Waals surface area contributed by atoms with Crippen LogP contribution in [0.5, 0.6) is 0 Å². The number of piperazine rings is 1. The van der Waals surface area contributed by atoms with E-state index in [1.807, 2.05) is 11.8 Å². The van der Waals surface area contributed by atoms with E-state index >= 15 is 4.39 Å². The topological polar surface area (TPSA) is 113 Å². The molecule has 2 heterocycles. The van der Waals surface area contributed by atoms with Crippen molar-refractivity contribution >= 4 is 29.5 Å². The summed E-state index contributed by atoms with van der Waals surface area (Å²) in [4.78, 5) is 44.4. The third kappa shape index (κ3) is 6.89. The summed E-state index contributed by atoms with van der Waals surface area (Å²) in [6, 6.07) is 6.70. The highest BCUT2D eigenvalue weighted by Crippen LogP contribution is 2.22. The highest BCUT2D eigenvalue weighted by atomic mass is 19.1. The summed E-state index contributed by atoms with van der Waals surface area (Å²) < 4.78 is 25.4. The van der Waals surface area contributed by atoms with E-state index in [9.17, 15) is 14.4 Å². The smallest absolute Gasteiger partial charge is 0.410 e. The van der Waals surface area contributed by atoms with Gasteiger partial charge < -0.3 is 20.1 Å². The molecule has 0 spiro atoms. The number of pyridine rings is 1. The number of amides is 3. The first-order valence-electron chi connectivity index (χ1n) is 11.4. The lowest BCUT2D eigenvalue weighted by molar-refractivity contribution is -0.151. The number of aryl methyl sites for hydroxylation is 1. The lowest BCUT2D eigenvalue weighted by Gasteiger charge is -2.39. The van der Waals surface area contributed by atoms with Crippen LogP contribution in [-0.4, -0.2) is 71.8 Å². The van der Waals surface area contributed by atoms with Crippen LogP contribution in [0, 0.1) is 12.7 Å². The van der Waals surface area contributed by atoms with Crippen LogP contribution in [0.25, 0.3) is 0 Å². The SMILES string of the molecule is CCOC(=O)[C@@H]1CN(Cc2cccc(NC(=O)Nc3ccc(C)nc3)c2F)CCN1C(=O)OCC. The highest BCUT2D eigenvalue weighted by Gasteiger charge is 2.37. The Hall–Kier alpha value is -3.73. The summed E-state index contributed by atoms with van der Waals surface area (Å²) in [6.45, 7) is 6.55. The third-order valence-electron chi connectivity index (χ3n) is 5.42. The van der Waals surface area contributed by atoms with E-state index in [0.29, 0.717) is 17.8 Å². The summed E-state index contributed by atoms with van der Waals surface area (Å²) in [7, 11) is 0. The van der Waals surface area contributed by atoms with E-state index in [1.54, 1.807) is 38.1 Å². The van der Waals surface area contributed by atoms with E-state index in [4.69, 9.17) is 9.47 Å². The summed E-state index contributed by atoms with van der Waals surface area (Å²) >= 11 is 0. The number of ether oxygens (including phenoxy) is 2. The van der Waals surface area contributed by atoms with Gasteiger partial charge in [-0.1, -0.05) is 12.1 Å². The number of urea groups is 1. The molecule has 1 atom stereocenters. The Bertz CT molecular complexity index is 1050. The molecule has 3 rings (SSSR count). The standard InChI is InChI=1S/C24H30FN5O5/c1-4-34-22(31)20-15-29(11-12-30(20)24(33)35-5-2)14-17-7-6-8-19(21(17)25)28-23(32)27-18-10-9-16(3)26-13-18/h6-10,13,20H,4-5,11-12,14-15H2,1-3H3,(H2,27,28,32)/t20-/m0/s1. The van der Waals surface area contributed by atoms with Gasteiger partial charge in [0.2, 0.25) is 0 Å². The molecular formula is C24H30FN5O5. The van der Waals surface area contributed by atoms with Gasteiger partial charge in [-0.05, 0) is 39.0 Å². The number of hydrogen-bond acceptors (Lipinski definition) is 7. The molecule has 0 radical (unpaired) electrons. The molecule has 2 N–H and O–H groups in total. The van der Waals surface area contributed by atoms with Gasteiger partial charge in [-0.3, -0.25) is 14.8 Å². The molecule has 1 aliphatic rings. The lowest BCUT2D eigenvalue weighted by Crippen LogP contribution is -2.58. The van der Waals surface area contributed by atoms with Crippen molar-refractivity contribution in [2.45, 2.75) is 33.4 Å². The van der Waals surface area contributed by atoms with Gasteiger partial charge in [0.05, 0.1) is 30.8 Å². The molecule has 1 aromatic carbocycles. The molecule has 35 heavy (non-hydrogen) atoms. The van der Waals surface area contributed by atoms with Crippen LogP contribution in [0.1, 0.15) is 25.1 Å². The molecule has 1 saturated heterocycles. The Morgan fingerprint density at radius 2 is 1.86 bits per heavy atom. The van der Waals surface area contributed by atoms with E-state index in [2.05, 4.69) is 15.6 Å². The molecule has 0 bridgehead atoms. The number of anilines is 2. The molecule has 0 unspecified atom stereocenters. The largest absolute Gasteiger partial charge is 0.464 e. The number of rotatable bonds is 7. The van der Waals surface area contributed by atoms with Crippen molar-refractivity contribution in [3.05, 3.63) is 53.6 Å². The number of esters is 1. The number of nitrogens with one attached hydrogen (secondary N) is 2. The number of carbonyl (C=O) groups excluding carboxylic acids is 3. The van der Waals surface area contributed by atoms with Crippen molar-refractivity contribution in [2.75, 3.05) is 43.5 Å². The van der Waals surface area contributed by atoms with Crippen LogP contribution in [0.4, 0.5) is 25.4 Å². The molecule has 3 amide bonds. The van der Waals surface area contributed by atoms with Crippen LogP contribution in [0.3, 0.4) is 0 Å². The van der Waals surface area contributed by atoms with Crippen molar-refractivity contribution in [3.63, 3.8) is 0 Å². The van der Waals surface area contributed by atoms with E-state index in [1.165, 1.54) is 17.2 Å². The quantitative estimate of drug-likeness (QED) is 0.576.